The maximum absolute atomic E-state index is 12.3. The number of nitrogens with zero attached hydrogens (tertiary/aromatic N) is 1. The fourth-order valence-corrected chi connectivity index (χ4v) is 4.27. The van der Waals surface area contributed by atoms with Crippen LogP contribution in [0, 0.1) is 13.8 Å². The van der Waals surface area contributed by atoms with E-state index in [1.807, 2.05) is 11.4 Å². The summed E-state index contributed by atoms with van der Waals surface area (Å²) in [4.78, 5) is 16.8. The van der Waals surface area contributed by atoms with Gasteiger partial charge in [0.15, 0.2) is 5.13 Å². The lowest BCUT2D eigenvalue weighted by molar-refractivity contribution is -0.116. The molecule has 1 aromatic heterocycles. The Morgan fingerprint density at radius 2 is 1.90 bits per heavy atom. The molecule has 0 unspecified atom stereocenters. The lowest BCUT2D eigenvalue weighted by Crippen LogP contribution is -2.13. The molecule has 1 amide bonds. The molecule has 0 aliphatic carbocycles. The predicted octanol–water partition coefficient (Wildman–Crippen LogP) is 7.28. The molecule has 3 rings (SSSR count). The maximum Gasteiger partial charge on any atom is 0.226 e. The first-order chi connectivity index (χ1) is 14.6. The van der Waals surface area contributed by atoms with E-state index in [1.165, 1.54) is 28.0 Å². The smallest absolute Gasteiger partial charge is 0.226 e. The van der Waals surface area contributed by atoms with Gasteiger partial charge >= 0.3 is 0 Å². The first-order valence-electron chi connectivity index (χ1n) is 10.4. The normalized spacial score (nSPS) is 11.4. The van der Waals surface area contributed by atoms with Gasteiger partial charge in [-0.05, 0) is 76.5 Å². The lowest BCUT2D eigenvalue weighted by atomic mass is 9.87. The van der Waals surface area contributed by atoms with Crippen molar-refractivity contribution in [2.24, 2.45) is 0 Å². The summed E-state index contributed by atoms with van der Waals surface area (Å²) < 4.78 is 6.78. The highest BCUT2D eigenvalue weighted by molar-refractivity contribution is 9.10. The number of hydrogen-bond acceptors (Lipinski definition) is 4. The third-order valence-corrected chi connectivity index (χ3v) is 6.53. The van der Waals surface area contributed by atoms with E-state index < -0.39 is 0 Å². The number of ether oxygens (including phenoxy) is 1. The monoisotopic (exact) mass is 500 g/mol. The van der Waals surface area contributed by atoms with E-state index >= 15 is 0 Å². The Morgan fingerprint density at radius 3 is 2.58 bits per heavy atom. The van der Waals surface area contributed by atoms with Gasteiger partial charge in [-0.15, -0.1) is 11.3 Å². The molecule has 164 valence electrons. The molecule has 0 aliphatic heterocycles. The van der Waals surface area contributed by atoms with Crippen LogP contribution in [0.25, 0.3) is 11.3 Å². The van der Waals surface area contributed by atoms with Crippen LogP contribution in [0.15, 0.2) is 46.3 Å². The van der Waals surface area contributed by atoms with Crippen LogP contribution < -0.4 is 10.1 Å². The average Bonchev–Trinajstić information content (AvgIpc) is 3.16. The molecule has 0 saturated carbocycles. The van der Waals surface area contributed by atoms with Gasteiger partial charge < -0.3 is 10.1 Å². The van der Waals surface area contributed by atoms with Crippen molar-refractivity contribution in [1.82, 2.24) is 4.98 Å². The number of carbonyl (C=O) groups excluding carboxylic acids is 1. The van der Waals surface area contributed by atoms with E-state index in [0.29, 0.717) is 24.6 Å². The maximum atomic E-state index is 12.3. The van der Waals surface area contributed by atoms with Crippen LogP contribution >= 0.6 is 27.3 Å². The SMILES string of the molecule is Cc1ccc(-c2csc(NC(=O)CCCOc3ccc(C(C)(C)C)cc3Br)n2)cc1C. The van der Waals surface area contributed by atoms with Gasteiger partial charge in [0.05, 0.1) is 16.8 Å². The number of amides is 1. The molecule has 0 atom stereocenters. The number of halogens is 1. The summed E-state index contributed by atoms with van der Waals surface area (Å²) in [6.07, 6.45) is 1.02. The van der Waals surface area contributed by atoms with Crippen LogP contribution in [0.2, 0.25) is 0 Å². The molecule has 1 N–H and O–H groups in total. The molecular weight excluding hydrogens is 472 g/mol. The fraction of sp³-hybridized carbons (Fsp3) is 0.360. The summed E-state index contributed by atoms with van der Waals surface area (Å²) in [6, 6.07) is 12.4. The van der Waals surface area contributed by atoms with Gasteiger partial charge in [0.25, 0.3) is 0 Å². The number of aryl methyl sites for hydroxylation is 2. The molecule has 0 radical (unpaired) electrons. The molecular formula is C25H29BrN2O2S. The van der Waals surface area contributed by atoms with Crippen LogP contribution in [-0.2, 0) is 10.2 Å². The molecule has 6 heteroatoms. The first kappa shape index (κ1) is 23.5. The second kappa shape index (κ2) is 9.96. The van der Waals surface area contributed by atoms with Crippen molar-refractivity contribution in [3.8, 4) is 17.0 Å². The minimum atomic E-state index is -0.0493. The van der Waals surface area contributed by atoms with Gasteiger partial charge in [-0.1, -0.05) is 39.0 Å². The number of benzene rings is 2. The minimum absolute atomic E-state index is 0.0493. The molecule has 0 bridgehead atoms. The van der Waals surface area contributed by atoms with Crippen LogP contribution in [-0.4, -0.2) is 17.5 Å². The predicted molar refractivity (Wildman–Crippen MR) is 133 cm³/mol. The van der Waals surface area contributed by atoms with Crippen molar-refractivity contribution in [2.45, 2.75) is 52.9 Å². The molecule has 0 saturated heterocycles. The van der Waals surface area contributed by atoms with Crippen LogP contribution in [0.4, 0.5) is 5.13 Å². The quantitative estimate of drug-likeness (QED) is 0.346. The Kier molecular flexibility index (Phi) is 7.55. The highest BCUT2D eigenvalue weighted by Gasteiger charge is 2.15. The molecule has 4 nitrogen and oxygen atoms in total. The Bertz CT molecular complexity index is 1070. The van der Waals surface area contributed by atoms with Crippen molar-refractivity contribution in [2.75, 3.05) is 11.9 Å². The van der Waals surface area contributed by atoms with Gasteiger partial charge in [0.2, 0.25) is 5.91 Å². The zero-order valence-corrected chi connectivity index (χ0v) is 21.1. The molecule has 31 heavy (non-hydrogen) atoms. The second-order valence-corrected chi connectivity index (χ2v) is 10.4. The number of nitrogens with one attached hydrogen (secondary N) is 1. The van der Waals surface area contributed by atoms with Crippen LogP contribution in [0.5, 0.6) is 5.75 Å². The van der Waals surface area contributed by atoms with E-state index in [2.05, 4.69) is 91.2 Å². The van der Waals surface area contributed by atoms with Crippen molar-refractivity contribution < 1.29 is 9.53 Å². The number of rotatable bonds is 7. The fourth-order valence-electron chi connectivity index (χ4n) is 3.05. The van der Waals surface area contributed by atoms with Gasteiger partial charge in [-0.2, -0.15) is 0 Å². The Balaban J connectivity index is 1.47. The third kappa shape index (κ3) is 6.40. The van der Waals surface area contributed by atoms with Crippen molar-refractivity contribution in [3.63, 3.8) is 0 Å². The molecule has 0 spiro atoms. The highest BCUT2D eigenvalue weighted by atomic mass is 79.9. The summed E-state index contributed by atoms with van der Waals surface area (Å²) in [5.74, 6) is 0.748. The van der Waals surface area contributed by atoms with E-state index in [0.717, 1.165) is 21.5 Å². The zero-order chi connectivity index (χ0) is 22.6. The number of anilines is 1. The molecule has 1 heterocycles. The van der Waals surface area contributed by atoms with E-state index in [1.54, 1.807) is 0 Å². The van der Waals surface area contributed by atoms with E-state index in [-0.39, 0.29) is 11.3 Å². The lowest BCUT2D eigenvalue weighted by Gasteiger charge is -2.20. The first-order valence-corrected chi connectivity index (χ1v) is 12.1. The zero-order valence-electron chi connectivity index (χ0n) is 18.7. The Labute approximate surface area is 197 Å². The van der Waals surface area contributed by atoms with Gasteiger partial charge in [-0.3, -0.25) is 4.79 Å². The summed E-state index contributed by atoms with van der Waals surface area (Å²) in [6.45, 7) is 11.2. The minimum Gasteiger partial charge on any atom is -0.492 e. The van der Waals surface area contributed by atoms with Gasteiger partial charge in [0, 0.05) is 17.4 Å². The molecule has 2 aromatic carbocycles. The number of aromatic nitrogens is 1. The van der Waals surface area contributed by atoms with Crippen molar-refractivity contribution in [1.29, 1.82) is 0 Å². The van der Waals surface area contributed by atoms with Crippen molar-refractivity contribution >= 4 is 38.3 Å². The summed E-state index contributed by atoms with van der Waals surface area (Å²) in [7, 11) is 0. The van der Waals surface area contributed by atoms with Crippen LogP contribution in [0.3, 0.4) is 0 Å². The number of hydrogen-bond donors (Lipinski definition) is 1. The molecule has 0 fully saturated rings. The standard InChI is InChI=1S/C25H29BrN2O2S/c1-16-8-9-18(13-17(16)2)21-15-31-24(27-21)28-23(29)7-6-12-30-22-11-10-19(14-20(22)26)25(3,4)5/h8-11,13-15H,6-7,12H2,1-5H3,(H,27,28,29). The van der Waals surface area contributed by atoms with Crippen LogP contribution in [0.1, 0.15) is 50.3 Å². The molecule has 3 aromatic rings. The topological polar surface area (TPSA) is 51.2 Å². The highest BCUT2D eigenvalue weighted by Crippen LogP contribution is 2.31. The summed E-state index contributed by atoms with van der Waals surface area (Å²) in [5.41, 5.74) is 5.77. The molecule has 0 aliphatic rings. The van der Waals surface area contributed by atoms with E-state index in [9.17, 15) is 4.79 Å². The van der Waals surface area contributed by atoms with E-state index in [4.69, 9.17) is 4.74 Å². The summed E-state index contributed by atoms with van der Waals surface area (Å²) in [5, 5.41) is 5.49. The van der Waals surface area contributed by atoms with Gasteiger partial charge in [0.1, 0.15) is 5.75 Å². The van der Waals surface area contributed by atoms with Gasteiger partial charge in [-0.25, -0.2) is 4.98 Å². The number of carbonyl (C=O) groups is 1. The third-order valence-electron chi connectivity index (χ3n) is 5.16. The second-order valence-electron chi connectivity index (χ2n) is 8.73. The number of thiazole rings is 1. The largest absolute Gasteiger partial charge is 0.492 e. The van der Waals surface area contributed by atoms with Crippen molar-refractivity contribution in [3.05, 3.63) is 62.9 Å². The average molecular weight is 501 g/mol. The Morgan fingerprint density at radius 1 is 1.13 bits per heavy atom. The summed E-state index contributed by atoms with van der Waals surface area (Å²) >= 11 is 5.03. The Hall–Kier alpha value is -2.18.